The summed E-state index contributed by atoms with van der Waals surface area (Å²) in [4.78, 5) is 0. The lowest BCUT2D eigenvalue weighted by Crippen LogP contribution is -2.46. The van der Waals surface area contributed by atoms with Crippen molar-refractivity contribution in [3.63, 3.8) is 0 Å². The van der Waals surface area contributed by atoms with Gasteiger partial charge in [0.05, 0.1) is 25.7 Å². The topological polar surface area (TPSA) is 27.7 Å². The Hall–Kier alpha value is -1.04. The van der Waals surface area contributed by atoms with E-state index >= 15 is 0 Å². The molecule has 0 amide bonds. The Labute approximate surface area is 182 Å². The molecule has 0 heterocycles. The summed E-state index contributed by atoms with van der Waals surface area (Å²) < 4.78 is 46.8. The first-order valence-electron chi connectivity index (χ1n) is 11.9. The van der Waals surface area contributed by atoms with E-state index in [1.54, 1.807) is 0 Å². The van der Waals surface area contributed by atoms with Crippen LogP contribution in [0.3, 0.4) is 0 Å². The average Bonchev–Trinajstić information content (AvgIpc) is 2.72. The third kappa shape index (κ3) is 9.40. The summed E-state index contributed by atoms with van der Waals surface area (Å²) in [5.74, 6) is -2.91. The normalized spacial score (nSPS) is 13.0. The Morgan fingerprint density at radius 2 is 1.13 bits per heavy atom. The molecule has 0 aliphatic heterocycles. The molecule has 0 saturated heterocycles. The molecule has 0 bridgehead atoms. The van der Waals surface area contributed by atoms with Gasteiger partial charge in [-0.05, 0) is 43.4 Å². The van der Waals surface area contributed by atoms with Gasteiger partial charge in [-0.2, -0.15) is 0 Å². The third-order valence-corrected chi connectivity index (χ3v) is 5.08. The van der Waals surface area contributed by atoms with Gasteiger partial charge in [-0.15, -0.1) is 0 Å². The lowest BCUT2D eigenvalue weighted by atomic mass is 9.90. The van der Waals surface area contributed by atoms with Crippen molar-refractivity contribution in [2.45, 2.75) is 104 Å². The van der Waals surface area contributed by atoms with Crippen molar-refractivity contribution in [3.8, 4) is 0 Å². The second-order valence-electron chi connectivity index (χ2n) is 7.96. The number of benzene rings is 1. The van der Waals surface area contributed by atoms with Crippen molar-refractivity contribution >= 4 is 0 Å². The molecular formula is C25H42F2O3. The first kappa shape index (κ1) is 27.0. The Balaban J connectivity index is 3.19. The first-order chi connectivity index (χ1) is 14.5. The zero-order valence-corrected chi connectivity index (χ0v) is 19.5. The summed E-state index contributed by atoms with van der Waals surface area (Å²) in [7, 11) is 0. The molecular weight excluding hydrogens is 386 g/mol. The highest BCUT2D eigenvalue weighted by molar-refractivity contribution is 5.23. The molecule has 0 N–H and O–H groups in total. The van der Waals surface area contributed by atoms with Crippen LogP contribution in [-0.2, 0) is 14.2 Å². The van der Waals surface area contributed by atoms with E-state index in [1.165, 1.54) is 31.4 Å². The van der Waals surface area contributed by atoms with Crippen molar-refractivity contribution in [1.82, 2.24) is 0 Å². The van der Waals surface area contributed by atoms with Gasteiger partial charge in [0.25, 0.3) is 5.97 Å². The number of hydrogen-bond acceptors (Lipinski definition) is 3. The van der Waals surface area contributed by atoms with Crippen molar-refractivity contribution in [3.05, 3.63) is 35.4 Å². The minimum absolute atomic E-state index is 0.404. The summed E-state index contributed by atoms with van der Waals surface area (Å²) in [5, 5.41) is 0. The van der Waals surface area contributed by atoms with E-state index in [0.29, 0.717) is 31.8 Å². The predicted molar refractivity (Wildman–Crippen MR) is 119 cm³/mol. The van der Waals surface area contributed by atoms with Crippen LogP contribution in [0, 0.1) is 11.6 Å². The van der Waals surface area contributed by atoms with Gasteiger partial charge < -0.3 is 14.2 Å². The molecule has 0 aromatic heterocycles. The van der Waals surface area contributed by atoms with Gasteiger partial charge in [0.1, 0.15) is 11.6 Å². The van der Waals surface area contributed by atoms with Crippen LogP contribution in [0.25, 0.3) is 0 Å². The minimum Gasteiger partial charge on any atom is -0.327 e. The third-order valence-electron chi connectivity index (χ3n) is 5.08. The average molecular weight is 429 g/mol. The summed E-state index contributed by atoms with van der Waals surface area (Å²) >= 11 is 0. The maximum atomic E-state index is 14.1. The largest absolute Gasteiger partial charge is 0.327 e. The van der Waals surface area contributed by atoms with Crippen LogP contribution in [0.4, 0.5) is 8.78 Å². The Bertz CT molecular complexity index is 523. The molecule has 1 atom stereocenters. The number of ether oxygens (including phenoxy) is 3. The predicted octanol–water partition coefficient (Wildman–Crippen LogP) is 7.73. The van der Waals surface area contributed by atoms with Crippen molar-refractivity contribution in [2.24, 2.45) is 0 Å². The molecule has 0 aliphatic carbocycles. The number of rotatable bonds is 18. The second-order valence-corrected chi connectivity index (χ2v) is 7.96. The summed E-state index contributed by atoms with van der Waals surface area (Å²) in [5.41, 5.74) is 0.532. The highest BCUT2D eigenvalue weighted by Gasteiger charge is 2.43. The van der Waals surface area contributed by atoms with Crippen LogP contribution in [0.1, 0.15) is 103 Å². The van der Waals surface area contributed by atoms with Crippen LogP contribution in [0.15, 0.2) is 18.2 Å². The molecule has 0 aliphatic rings. The van der Waals surface area contributed by atoms with E-state index in [0.717, 1.165) is 44.6 Å². The summed E-state index contributed by atoms with van der Waals surface area (Å²) in [6.07, 6.45) is 9.89. The van der Waals surface area contributed by atoms with Crippen molar-refractivity contribution < 1.29 is 23.0 Å². The summed E-state index contributed by atoms with van der Waals surface area (Å²) in [6, 6.07) is 3.68. The lowest BCUT2D eigenvalue weighted by molar-refractivity contribution is -0.392. The van der Waals surface area contributed by atoms with E-state index in [4.69, 9.17) is 14.2 Å². The van der Waals surface area contributed by atoms with Crippen LogP contribution < -0.4 is 0 Å². The number of halogens is 2. The van der Waals surface area contributed by atoms with Gasteiger partial charge in [-0.25, -0.2) is 8.78 Å². The van der Waals surface area contributed by atoms with E-state index in [2.05, 4.69) is 6.92 Å². The molecule has 1 rings (SSSR count). The van der Waals surface area contributed by atoms with Crippen LogP contribution in [0.2, 0.25) is 0 Å². The standard InChI is InChI=1S/C25H42F2O3/c1-5-9-10-11-12-13-14-24(21-18-22(26)20-23(27)19-21)25(28-15-6-2,29-16-7-3)30-17-8-4/h18-20,24H,5-17H2,1-4H3. The van der Waals surface area contributed by atoms with Crippen LogP contribution >= 0.6 is 0 Å². The van der Waals surface area contributed by atoms with E-state index in [-0.39, 0.29) is 0 Å². The Morgan fingerprint density at radius 1 is 0.667 bits per heavy atom. The van der Waals surface area contributed by atoms with Crippen LogP contribution in [0.5, 0.6) is 0 Å². The fourth-order valence-electron chi connectivity index (χ4n) is 3.61. The molecule has 0 spiro atoms. The molecule has 0 fully saturated rings. The van der Waals surface area contributed by atoms with Gasteiger partial charge >= 0.3 is 0 Å². The molecule has 1 aromatic rings. The first-order valence-corrected chi connectivity index (χ1v) is 11.9. The maximum absolute atomic E-state index is 14.1. The second kappa shape index (κ2) is 15.7. The maximum Gasteiger partial charge on any atom is 0.290 e. The molecule has 1 aromatic carbocycles. The molecule has 174 valence electrons. The lowest BCUT2D eigenvalue weighted by Gasteiger charge is -2.40. The van der Waals surface area contributed by atoms with E-state index < -0.39 is 23.5 Å². The van der Waals surface area contributed by atoms with Gasteiger partial charge in [0, 0.05) is 6.07 Å². The SMILES string of the molecule is CCCCCCCCC(c1cc(F)cc(F)c1)C(OCCC)(OCCC)OCCC. The molecule has 0 saturated carbocycles. The summed E-state index contributed by atoms with van der Waals surface area (Å²) in [6.45, 7) is 9.64. The number of hydrogen-bond donors (Lipinski definition) is 0. The highest BCUT2D eigenvalue weighted by Crippen LogP contribution is 2.39. The highest BCUT2D eigenvalue weighted by atomic mass is 19.1. The van der Waals surface area contributed by atoms with E-state index in [9.17, 15) is 8.78 Å². The fraction of sp³-hybridized carbons (Fsp3) is 0.760. The Kier molecular flexibility index (Phi) is 14.1. The quantitative estimate of drug-likeness (QED) is 0.177. The van der Waals surface area contributed by atoms with E-state index in [1.807, 2.05) is 20.8 Å². The van der Waals surface area contributed by atoms with Crippen LogP contribution in [-0.4, -0.2) is 25.8 Å². The zero-order valence-electron chi connectivity index (χ0n) is 19.5. The molecule has 30 heavy (non-hydrogen) atoms. The van der Waals surface area contributed by atoms with Gasteiger partial charge in [0.15, 0.2) is 0 Å². The van der Waals surface area contributed by atoms with Gasteiger partial charge in [0.2, 0.25) is 0 Å². The van der Waals surface area contributed by atoms with Crippen molar-refractivity contribution in [1.29, 1.82) is 0 Å². The molecule has 1 unspecified atom stereocenters. The molecule has 0 radical (unpaired) electrons. The van der Waals surface area contributed by atoms with Gasteiger partial charge in [-0.1, -0.05) is 66.2 Å². The minimum atomic E-state index is -1.33. The molecule has 5 heteroatoms. The Morgan fingerprint density at radius 3 is 1.60 bits per heavy atom. The van der Waals surface area contributed by atoms with Crippen molar-refractivity contribution in [2.75, 3.05) is 19.8 Å². The zero-order chi connectivity index (χ0) is 22.2. The van der Waals surface area contributed by atoms with Gasteiger partial charge in [-0.3, -0.25) is 0 Å². The monoisotopic (exact) mass is 428 g/mol. The smallest absolute Gasteiger partial charge is 0.290 e. The number of unbranched alkanes of at least 4 members (excludes halogenated alkanes) is 5. The molecule has 3 nitrogen and oxygen atoms in total. The fourth-order valence-corrected chi connectivity index (χ4v) is 3.61.